The van der Waals surface area contributed by atoms with E-state index in [0.717, 1.165) is 17.5 Å². The third-order valence-corrected chi connectivity index (χ3v) is 6.59. The number of rotatable bonds is 8. The van der Waals surface area contributed by atoms with E-state index in [4.69, 9.17) is 17.2 Å². The molecular weight excluding hydrogens is 488 g/mol. The number of fused-ring (bicyclic) bond motifs is 5. The summed E-state index contributed by atoms with van der Waals surface area (Å²) in [6.45, 7) is 1.19. The molecule has 0 saturated heterocycles. The van der Waals surface area contributed by atoms with Gasteiger partial charge in [0.1, 0.15) is 23.6 Å². The van der Waals surface area contributed by atoms with E-state index in [1.54, 1.807) is 24.3 Å². The molecule has 11 nitrogen and oxygen atoms in total. The molecule has 3 amide bonds. The smallest absolute Gasteiger partial charge is 0.243 e. The van der Waals surface area contributed by atoms with Crippen molar-refractivity contribution in [3.63, 3.8) is 0 Å². The zero-order valence-corrected chi connectivity index (χ0v) is 21.4. The zero-order valence-electron chi connectivity index (χ0n) is 21.4. The third kappa shape index (κ3) is 7.67. The number of unbranched alkanes of at least 4 members (excludes halogenated alkanes) is 1. The molecule has 0 saturated carbocycles. The third-order valence-electron chi connectivity index (χ3n) is 6.59. The number of nitrogens with two attached hydrogens (primary N) is 3. The molecule has 0 spiro atoms. The first-order chi connectivity index (χ1) is 18.2. The molecule has 0 unspecified atom stereocenters. The van der Waals surface area contributed by atoms with E-state index in [2.05, 4.69) is 16.0 Å². The molecule has 2 aromatic carbocycles. The lowest BCUT2D eigenvalue weighted by Gasteiger charge is -2.24. The minimum atomic E-state index is -1.04. The Bertz CT molecular complexity index is 1140. The Morgan fingerprint density at radius 2 is 1.47 bits per heavy atom. The van der Waals surface area contributed by atoms with Gasteiger partial charge in [0.25, 0.3) is 0 Å². The quantitative estimate of drug-likeness (QED) is 0.215. The molecule has 2 aromatic rings. The first-order valence-corrected chi connectivity index (χ1v) is 12.9. The van der Waals surface area contributed by atoms with E-state index >= 15 is 0 Å². The van der Waals surface area contributed by atoms with Gasteiger partial charge < -0.3 is 43.4 Å². The van der Waals surface area contributed by atoms with Gasteiger partial charge in [0.15, 0.2) is 0 Å². The number of hydrogen-bond acceptors (Lipinski definition) is 8. The molecule has 1 aliphatic rings. The Labute approximate surface area is 222 Å². The van der Waals surface area contributed by atoms with Crippen LogP contribution in [0.2, 0.25) is 0 Å². The van der Waals surface area contributed by atoms with Crippen LogP contribution in [0.15, 0.2) is 36.4 Å². The fourth-order valence-electron chi connectivity index (χ4n) is 4.36. The summed E-state index contributed by atoms with van der Waals surface area (Å²) < 4.78 is 0. The highest BCUT2D eigenvalue weighted by molar-refractivity contribution is 5.93. The molecular formula is C27H38N6O5. The van der Waals surface area contributed by atoms with Gasteiger partial charge in [0.2, 0.25) is 17.7 Å². The van der Waals surface area contributed by atoms with Crippen LogP contribution in [0.4, 0.5) is 0 Å². The van der Waals surface area contributed by atoms with Gasteiger partial charge >= 0.3 is 0 Å². The van der Waals surface area contributed by atoms with Crippen LogP contribution in [0.1, 0.15) is 36.8 Å². The lowest BCUT2D eigenvalue weighted by molar-refractivity contribution is -0.132. The van der Waals surface area contributed by atoms with Crippen LogP contribution in [-0.2, 0) is 27.2 Å². The molecule has 0 aromatic heterocycles. The predicted octanol–water partition coefficient (Wildman–Crippen LogP) is -0.246. The van der Waals surface area contributed by atoms with Crippen LogP contribution in [0.25, 0.3) is 11.1 Å². The van der Waals surface area contributed by atoms with Crippen LogP contribution in [0.3, 0.4) is 0 Å². The molecule has 1 aliphatic heterocycles. The SMILES string of the molecule is NCCCCNC(=O)[C@@H]1Cc2cc(ccc2O)-c2ccc(O)c(c2)C[C@H](N)C(=O)N[C@@H](CCCN)C(=O)N1. The minimum absolute atomic E-state index is 0.0101. The number of aromatic hydroxyl groups is 2. The van der Waals surface area contributed by atoms with Crippen LogP contribution in [-0.4, -0.2) is 65.7 Å². The maximum atomic E-state index is 13.3. The number of amides is 3. The maximum Gasteiger partial charge on any atom is 0.243 e. The van der Waals surface area contributed by atoms with Crippen LogP contribution >= 0.6 is 0 Å². The van der Waals surface area contributed by atoms with Crippen molar-refractivity contribution in [1.29, 1.82) is 0 Å². The first kappa shape index (κ1) is 28.9. The van der Waals surface area contributed by atoms with Gasteiger partial charge in [0, 0.05) is 19.4 Å². The second kappa shape index (κ2) is 13.8. The van der Waals surface area contributed by atoms with Crippen molar-refractivity contribution < 1.29 is 24.6 Å². The second-order valence-corrected chi connectivity index (χ2v) is 9.54. The Balaban J connectivity index is 2.03. The first-order valence-electron chi connectivity index (χ1n) is 12.9. The van der Waals surface area contributed by atoms with Crippen LogP contribution in [0.5, 0.6) is 11.5 Å². The molecule has 1 heterocycles. The van der Waals surface area contributed by atoms with Gasteiger partial charge in [-0.2, -0.15) is 0 Å². The number of carbonyl (C=O) groups is 3. The monoisotopic (exact) mass is 526 g/mol. The van der Waals surface area contributed by atoms with E-state index in [-0.39, 0.29) is 30.8 Å². The largest absolute Gasteiger partial charge is 0.508 e. The minimum Gasteiger partial charge on any atom is -0.508 e. The number of carbonyl (C=O) groups excluding carboxylic acids is 3. The number of phenolic OH excluding ortho intramolecular Hbond substituents is 2. The molecule has 4 bridgehead atoms. The van der Waals surface area contributed by atoms with Crippen molar-refractivity contribution in [3.05, 3.63) is 47.5 Å². The molecule has 11 heteroatoms. The van der Waals surface area contributed by atoms with Gasteiger partial charge in [-0.3, -0.25) is 14.4 Å². The average molecular weight is 527 g/mol. The van der Waals surface area contributed by atoms with Crippen molar-refractivity contribution in [2.45, 2.75) is 56.7 Å². The number of benzene rings is 2. The van der Waals surface area contributed by atoms with E-state index in [0.29, 0.717) is 43.6 Å². The zero-order chi connectivity index (χ0) is 27.7. The molecule has 11 N–H and O–H groups in total. The van der Waals surface area contributed by atoms with Gasteiger partial charge in [0.05, 0.1) is 6.04 Å². The summed E-state index contributed by atoms with van der Waals surface area (Å²) in [5, 5.41) is 29.2. The summed E-state index contributed by atoms with van der Waals surface area (Å²) in [6.07, 6.45) is 2.16. The topological polar surface area (TPSA) is 206 Å². The van der Waals surface area contributed by atoms with Gasteiger partial charge in [-0.25, -0.2) is 0 Å². The molecule has 0 aliphatic carbocycles. The van der Waals surface area contributed by atoms with Crippen molar-refractivity contribution in [1.82, 2.24) is 16.0 Å². The fraction of sp³-hybridized carbons (Fsp3) is 0.444. The highest BCUT2D eigenvalue weighted by atomic mass is 16.3. The van der Waals surface area contributed by atoms with Gasteiger partial charge in [-0.15, -0.1) is 0 Å². The summed E-state index contributed by atoms with van der Waals surface area (Å²) in [7, 11) is 0. The van der Waals surface area contributed by atoms with E-state index in [1.807, 2.05) is 0 Å². The summed E-state index contributed by atoms with van der Waals surface area (Å²) in [5.74, 6) is -1.58. The summed E-state index contributed by atoms with van der Waals surface area (Å²) >= 11 is 0. The average Bonchev–Trinajstić information content (AvgIpc) is 2.90. The van der Waals surface area contributed by atoms with Crippen LogP contribution in [0, 0.1) is 0 Å². The predicted molar refractivity (Wildman–Crippen MR) is 144 cm³/mol. The Morgan fingerprint density at radius 1 is 0.868 bits per heavy atom. The molecule has 38 heavy (non-hydrogen) atoms. The second-order valence-electron chi connectivity index (χ2n) is 9.54. The molecule has 0 fully saturated rings. The van der Waals surface area contributed by atoms with Crippen molar-refractivity contribution in [2.24, 2.45) is 17.2 Å². The van der Waals surface area contributed by atoms with Crippen molar-refractivity contribution >= 4 is 17.7 Å². The highest BCUT2D eigenvalue weighted by Gasteiger charge is 2.29. The number of nitrogens with one attached hydrogen (secondary N) is 3. The summed E-state index contributed by atoms with van der Waals surface area (Å²) in [6, 6.07) is 6.90. The number of hydrogen-bond donors (Lipinski definition) is 8. The van der Waals surface area contributed by atoms with Crippen molar-refractivity contribution in [2.75, 3.05) is 19.6 Å². The van der Waals surface area contributed by atoms with Crippen molar-refractivity contribution in [3.8, 4) is 22.6 Å². The standard InChI is InChI=1S/C27H38N6O5/c28-9-1-2-11-31-26(37)22-15-19-13-17(6-8-24(19)35)16-5-7-23(34)18(12-16)14-20(30)25(36)32-21(4-3-10-29)27(38)33-22/h5-8,12-13,20-22,34-35H,1-4,9-11,14-15,28-30H2,(H,31,37)(H,32,36)(H,33,38)/t20-,21-,22-/m0/s1. The van der Waals surface area contributed by atoms with Crippen LogP contribution < -0.4 is 33.2 Å². The number of phenols is 2. The van der Waals surface area contributed by atoms with Gasteiger partial charge in [-0.05, 0) is 85.3 Å². The Kier molecular flexibility index (Phi) is 10.5. The molecule has 0 radical (unpaired) electrons. The van der Waals surface area contributed by atoms with E-state index < -0.39 is 35.8 Å². The lowest BCUT2D eigenvalue weighted by Crippen LogP contribution is -2.56. The molecule has 3 atom stereocenters. The molecule has 206 valence electrons. The lowest BCUT2D eigenvalue weighted by atomic mass is 9.95. The summed E-state index contributed by atoms with van der Waals surface area (Å²) in [4.78, 5) is 39.4. The Hall–Kier alpha value is -3.67. The Morgan fingerprint density at radius 3 is 2.08 bits per heavy atom. The van der Waals surface area contributed by atoms with Gasteiger partial charge in [-0.1, -0.05) is 12.1 Å². The normalized spacial score (nSPS) is 20.0. The summed E-state index contributed by atoms with van der Waals surface area (Å²) in [5.41, 5.74) is 19.7. The maximum absolute atomic E-state index is 13.3. The van der Waals surface area contributed by atoms with E-state index in [9.17, 15) is 24.6 Å². The van der Waals surface area contributed by atoms with E-state index in [1.165, 1.54) is 12.1 Å². The highest BCUT2D eigenvalue weighted by Crippen LogP contribution is 2.30. The molecule has 3 rings (SSSR count). The fourth-order valence-corrected chi connectivity index (χ4v) is 4.36.